The van der Waals surface area contributed by atoms with E-state index in [1.807, 2.05) is 104 Å². The lowest BCUT2D eigenvalue weighted by atomic mass is 9.78. The highest BCUT2D eigenvalue weighted by molar-refractivity contribution is 5.83. The van der Waals surface area contributed by atoms with Crippen LogP contribution in [0.1, 0.15) is 276 Å². The summed E-state index contributed by atoms with van der Waals surface area (Å²) in [4.78, 5) is 114. The fraction of sp³-hybridized carbons (Fsp3) is 0.795. The van der Waals surface area contributed by atoms with Crippen molar-refractivity contribution in [1.29, 1.82) is 0 Å². The lowest BCUT2D eigenvalue weighted by Crippen LogP contribution is -2.41. The van der Waals surface area contributed by atoms with Gasteiger partial charge in [0.25, 0.3) is 0 Å². The molecule has 3 N–H and O–H groups in total. The van der Waals surface area contributed by atoms with E-state index in [1.165, 1.54) is 32.1 Å². The zero-order valence-electron chi connectivity index (χ0n) is 67.0. The first-order chi connectivity index (χ1) is 46.3. The number of carbonyl (C=O) groups is 10. The van der Waals surface area contributed by atoms with E-state index in [-0.39, 0.29) is 110 Å². The lowest BCUT2D eigenvalue weighted by Gasteiger charge is -2.38. The molecule has 101 heavy (non-hydrogen) atoms. The topological polar surface area (TPSA) is 324 Å². The summed E-state index contributed by atoms with van der Waals surface area (Å²) in [5, 5.41) is 28.2. The summed E-state index contributed by atoms with van der Waals surface area (Å²) in [5.74, 6) is -3.05. The highest BCUT2D eigenvalue weighted by Crippen LogP contribution is 2.38. The molecule has 2 fully saturated rings. The van der Waals surface area contributed by atoms with Gasteiger partial charge in [-0.1, -0.05) is 101 Å². The first-order valence-corrected chi connectivity index (χ1v) is 36.1. The Kier molecular flexibility index (Phi) is 48.8. The van der Waals surface area contributed by atoms with E-state index in [0.29, 0.717) is 37.5 Å². The lowest BCUT2D eigenvalue weighted by molar-refractivity contribution is -0.174. The van der Waals surface area contributed by atoms with Crippen LogP contribution in [0.25, 0.3) is 0 Å². The van der Waals surface area contributed by atoms with Gasteiger partial charge in [-0.15, -0.1) is 0 Å². The Morgan fingerprint density at radius 3 is 0.931 bits per heavy atom. The predicted molar refractivity (Wildman–Crippen MR) is 389 cm³/mol. The number of hydrogen-bond donors (Lipinski definition) is 3. The maximum atomic E-state index is 12.1. The van der Waals surface area contributed by atoms with E-state index >= 15 is 0 Å². The number of ether oxygens (including phenoxy) is 10. The number of aliphatic hydroxyl groups excluding tert-OH is 3. The van der Waals surface area contributed by atoms with Crippen LogP contribution in [0, 0.1) is 44.3 Å². The predicted octanol–water partition coefficient (Wildman–Crippen LogP) is 14.1. The number of rotatable bonds is 35. The maximum absolute atomic E-state index is 12.1. The van der Waals surface area contributed by atoms with Crippen LogP contribution >= 0.6 is 0 Å². The molecule has 2 rings (SSSR count). The van der Waals surface area contributed by atoms with Crippen molar-refractivity contribution in [3.05, 3.63) is 38.0 Å². The Hall–Kier alpha value is -6.20. The number of aliphatic hydroxyl groups is 3. The van der Waals surface area contributed by atoms with Gasteiger partial charge in [0, 0.05) is 18.2 Å². The van der Waals surface area contributed by atoms with Gasteiger partial charge in [0.2, 0.25) is 0 Å². The molecule has 0 saturated heterocycles. The molecule has 2 aliphatic carbocycles. The Bertz CT molecular complexity index is 2380. The summed E-state index contributed by atoms with van der Waals surface area (Å²) in [6.07, 6.45) is 15.4. The van der Waals surface area contributed by atoms with Gasteiger partial charge >= 0.3 is 59.7 Å². The first-order valence-electron chi connectivity index (χ1n) is 36.1. The van der Waals surface area contributed by atoms with Crippen LogP contribution in [0.3, 0.4) is 0 Å². The number of carbonyl (C=O) groups excluding carboxylic acids is 10. The quantitative estimate of drug-likeness (QED) is 0.0301. The summed E-state index contributed by atoms with van der Waals surface area (Å²) in [7, 11) is 0. The fourth-order valence-corrected chi connectivity index (χ4v) is 7.71. The van der Waals surface area contributed by atoms with Gasteiger partial charge in [-0.25, -0.2) is 19.2 Å². The Morgan fingerprint density at radius 2 is 0.663 bits per heavy atom. The van der Waals surface area contributed by atoms with Gasteiger partial charge in [-0.05, 0) is 206 Å². The van der Waals surface area contributed by atoms with Crippen molar-refractivity contribution in [3.8, 4) is 0 Å². The average Bonchev–Trinajstić information content (AvgIpc) is 1.30. The molecule has 588 valence electrons. The second-order valence-electron chi connectivity index (χ2n) is 31.0. The molecule has 3 atom stereocenters. The minimum atomic E-state index is -1.02. The summed E-state index contributed by atoms with van der Waals surface area (Å²) in [5.41, 5.74) is -3.97. The SMILES string of the molecule is C=CC(=O)OCC(O)COC(=O)C(C)(C)CC.C=CC(=O)OCC(O)COC(=O)C(C)(C)CC.C=CC(=O)OCC(O)COC(=O)C(C)(C)CC.CCC(C)(C)C(=O)OC(C)(C)C(C)C.CCC(C)(C)C(=O)OC(C)(C)C1CCCCC1.CCC1(OC(=O)COC(=O)C(C)(C)CC)CCCC1. The monoisotopic (exact) mass is 1440 g/mol. The molecule has 0 amide bonds. The molecule has 0 radical (unpaired) electrons. The van der Waals surface area contributed by atoms with Crippen LogP contribution in [0.5, 0.6) is 0 Å². The zero-order chi connectivity index (χ0) is 79.6. The molecule has 23 heteroatoms. The van der Waals surface area contributed by atoms with Crippen molar-refractivity contribution in [2.24, 2.45) is 44.3 Å². The van der Waals surface area contributed by atoms with E-state index in [1.54, 1.807) is 41.5 Å². The largest absolute Gasteiger partial charge is 0.462 e. The molecule has 0 spiro atoms. The molecular formula is C78H138O23. The van der Waals surface area contributed by atoms with Crippen LogP contribution in [0.15, 0.2) is 38.0 Å². The van der Waals surface area contributed by atoms with E-state index in [2.05, 4.69) is 61.6 Å². The molecule has 23 nitrogen and oxygen atoms in total. The molecule has 2 aliphatic rings. The summed E-state index contributed by atoms with van der Waals surface area (Å²) in [6, 6.07) is 0. The molecule has 0 aliphatic heterocycles. The molecular weight excluding hydrogens is 1300 g/mol. The van der Waals surface area contributed by atoms with Crippen LogP contribution in [-0.2, 0) is 95.3 Å². The molecule has 0 bridgehead atoms. The zero-order valence-corrected chi connectivity index (χ0v) is 67.0. The molecule has 0 heterocycles. The van der Waals surface area contributed by atoms with Crippen molar-refractivity contribution >= 4 is 59.7 Å². The van der Waals surface area contributed by atoms with Crippen LogP contribution in [0.4, 0.5) is 0 Å². The Labute approximate surface area is 607 Å². The highest BCUT2D eigenvalue weighted by Gasteiger charge is 2.40. The Morgan fingerprint density at radius 1 is 0.396 bits per heavy atom. The minimum absolute atomic E-state index is 0.0458. The first kappa shape index (κ1) is 101. The third-order valence-corrected chi connectivity index (χ3v) is 19.1. The minimum Gasteiger partial charge on any atom is -0.462 e. The number of esters is 10. The van der Waals surface area contributed by atoms with Crippen molar-refractivity contribution in [1.82, 2.24) is 0 Å². The van der Waals surface area contributed by atoms with E-state index < -0.39 is 63.8 Å². The van der Waals surface area contributed by atoms with Crippen LogP contribution in [0.2, 0.25) is 0 Å². The molecule has 0 aromatic rings. The van der Waals surface area contributed by atoms with Crippen molar-refractivity contribution in [3.63, 3.8) is 0 Å². The Balaban J connectivity index is -0.000000560. The van der Waals surface area contributed by atoms with E-state index in [4.69, 9.17) is 33.2 Å². The van der Waals surface area contributed by atoms with Crippen molar-refractivity contribution in [2.75, 3.05) is 46.2 Å². The van der Waals surface area contributed by atoms with Crippen molar-refractivity contribution in [2.45, 2.75) is 311 Å². The van der Waals surface area contributed by atoms with Gasteiger partial charge in [-0.2, -0.15) is 0 Å². The van der Waals surface area contributed by atoms with Gasteiger partial charge in [0.05, 0.1) is 32.5 Å². The van der Waals surface area contributed by atoms with Crippen LogP contribution < -0.4 is 0 Å². The summed E-state index contributed by atoms with van der Waals surface area (Å²) in [6.45, 7) is 56.0. The van der Waals surface area contributed by atoms with E-state index in [9.17, 15) is 63.3 Å². The number of hydrogen-bond acceptors (Lipinski definition) is 23. The highest BCUT2D eigenvalue weighted by atomic mass is 16.6. The molecule has 3 unspecified atom stereocenters. The van der Waals surface area contributed by atoms with Gasteiger partial charge in [-0.3, -0.25) is 28.8 Å². The third kappa shape index (κ3) is 42.9. The van der Waals surface area contributed by atoms with Gasteiger partial charge in [0.1, 0.15) is 74.8 Å². The maximum Gasteiger partial charge on any atom is 0.344 e. The standard InChI is InChI=1S/C15H26O4.C15H28O2.3C12H20O5.C12H24O2/c1-5-14(3,4)13(17)18-11-12(16)19-15(6-2)9-7-8-10-15;1-6-14(2,3)13(16)17-15(4,5)12-10-8-7-9-11-12;3*1-5-10(14)16-7-9(13)8-17-11(15)12(3,4)6-2;1-8-11(4,5)10(13)14-12(6,7)9(2)3/h5-11H2,1-4H3;12H,6-11H2,1-5H3;3*5,9,13H,1,6-8H2,2-4H3;9H,8H2,1-7H3. The summed E-state index contributed by atoms with van der Waals surface area (Å²) < 4.78 is 50.4. The molecule has 0 aromatic carbocycles. The van der Waals surface area contributed by atoms with Crippen molar-refractivity contribution < 1.29 is 111 Å². The smallest absolute Gasteiger partial charge is 0.344 e. The van der Waals surface area contributed by atoms with E-state index in [0.717, 1.165) is 63.2 Å². The summed E-state index contributed by atoms with van der Waals surface area (Å²) >= 11 is 0. The fourth-order valence-electron chi connectivity index (χ4n) is 7.71. The third-order valence-electron chi connectivity index (χ3n) is 19.1. The molecule has 0 aromatic heterocycles. The van der Waals surface area contributed by atoms with Crippen LogP contribution in [-0.4, -0.2) is 156 Å². The van der Waals surface area contributed by atoms with Gasteiger partial charge < -0.3 is 62.7 Å². The van der Waals surface area contributed by atoms with Gasteiger partial charge in [0.15, 0.2) is 6.61 Å². The molecule has 2 saturated carbocycles. The average molecular weight is 1440 g/mol. The normalized spacial score (nSPS) is 14.9. The second-order valence-corrected chi connectivity index (χ2v) is 31.0. The second kappa shape index (κ2) is 48.7.